The Labute approximate surface area is 102 Å². The molecule has 0 aromatic carbocycles. The van der Waals surface area contributed by atoms with Crippen LogP contribution in [0.1, 0.15) is 33.7 Å². The van der Waals surface area contributed by atoms with Crippen LogP contribution in [0, 0.1) is 5.92 Å². The first-order valence-electron chi connectivity index (χ1n) is 6.01. The number of rotatable bonds is 5. The monoisotopic (exact) mass is 238 g/mol. The van der Waals surface area contributed by atoms with E-state index in [9.17, 15) is 4.79 Å². The van der Waals surface area contributed by atoms with Crippen molar-refractivity contribution in [2.75, 3.05) is 11.9 Å². The van der Waals surface area contributed by atoms with Gasteiger partial charge >= 0.3 is 0 Å². The van der Waals surface area contributed by atoms with Crippen LogP contribution in [0.4, 0.5) is 5.82 Å². The summed E-state index contributed by atoms with van der Waals surface area (Å²) < 4.78 is 1.66. The highest BCUT2D eigenvalue weighted by Crippen LogP contribution is 2.07. The predicted octanol–water partition coefficient (Wildman–Crippen LogP) is 1.22. The quantitative estimate of drug-likeness (QED) is 0.809. The SMILES string of the molecule is CC(CN)C(C)Nc1nccn(C(C)C)c1=O. The van der Waals surface area contributed by atoms with Gasteiger partial charge in [0, 0.05) is 24.5 Å². The second kappa shape index (κ2) is 5.82. The van der Waals surface area contributed by atoms with E-state index < -0.39 is 0 Å². The van der Waals surface area contributed by atoms with Crippen molar-refractivity contribution in [2.45, 2.75) is 39.8 Å². The van der Waals surface area contributed by atoms with E-state index in [1.54, 1.807) is 17.0 Å². The van der Waals surface area contributed by atoms with Gasteiger partial charge in [-0.3, -0.25) is 4.79 Å². The normalized spacial score (nSPS) is 14.7. The molecule has 0 aliphatic heterocycles. The van der Waals surface area contributed by atoms with Crippen LogP contribution in [-0.4, -0.2) is 22.1 Å². The molecule has 17 heavy (non-hydrogen) atoms. The van der Waals surface area contributed by atoms with Gasteiger partial charge in [0.2, 0.25) is 0 Å². The molecule has 2 atom stereocenters. The Balaban J connectivity index is 2.93. The first kappa shape index (κ1) is 13.7. The summed E-state index contributed by atoms with van der Waals surface area (Å²) in [4.78, 5) is 16.2. The number of anilines is 1. The summed E-state index contributed by atoms with van der Waals surface area (Å²) in [6.45, 7) is 8.57. The van der Waals surface area contributed by atoms with Crippen molar-refractivity contribution in [3.8, 4) is 0 Å². The number of hydrogen-bond acceptors (Lipinski definition) is 4. The molecule has 3 N–H and O–H groups in total. The maximum atomic E-state index is 12.1. The van der Waals surface area contributed by atoms with Crippen molar-refractivity contribution >= 4 is 5.82 Å². The van der Waals surface area contributed by atoms with Gasteiger partial charge in [-0.25, -0.2) is 4.98 Å². The average molecular weight is 238 g/mol. The van der Waals surface area contributed by atoms with Gasteiger partial charge in [0.1, 0.15) is 0 Å². The number of nitrogens with one attached hydrogen (secondary N) is 1. The average Bonchev–Trinajstić information content (AvgIpc) is 2.30. The molecule has 0 saturated carbocycles. The van der Waals surface area contributed by atoms with Gasteiger partial charge in [-0.15, -0.1) is 0 Å². The molecule has 1 aromatic heterocycles. The summed E-state index contributed by atoms with van der Waals surface area (Å²) in [5.74, 6) is 0.693. The summed E-state index contributed by atoms with van der Waals surface area (Å²) in [7, 11) is 0. The molecule has 0 amide bonds. The molecule has 1 heterocycles. The lowest BCUT2D eigenvalue weighted by atomic mass is 10.0. The Hall–Kier alpha value is -1.36. The van der Waals surface area contributed by atoms with Crippen LogP contribution in [0.2, 0.25) is 0 Å². The summed E-state index contributed by atoms with van der Waals surface area (Å²) in [5.41, 5.74) is 5.51. The fraction of sp³-hybridized carbons (Fsp3) is 0.667. The molecule has 2 unspecified atom stereocenters. The summed E-state index contributed by atoms with van der Waals surface area (Å²) >= 11 is 0. The van der Waals surface area contributed by atoms with E-state index >= 15 is 0 Å². The van der Waals surface area contributed by atoms with Crippen molar-refractivity contribution in [3.05, 3.63) is 22.7 Å². The van der Waals surface area contributed by atoms with E-state index in [0.717, 1.165) is 0 Å². The molecule has 0 radical (unpaired) electrons. The number of nitrogens with zero attached hydrogens (tertiary/aromatic N) is 2. The Morgan fingerprint density at radius 2 is 2.06 bits per heavy atom. The van der Waals surface area contributed by atoms with Gasteiger partial charge in [-0.05, 0) is 33.2 Å². The molecule has 0 aliphatic rings. The van der Waals surface area contributed by atoms with Crippen molar-refractivity contribution in [2.24, 2.45) is 11.7 Å². The van der Waals surface area contributed by atoms with Gasteiger partial charge in [-0.2, -0.15) is 0 Å². The van der Waals surface area contributed by atoms with E-state index in [1.165, 1.54) is 0 Å². The lowest BCUT2D eigenvalue weighted by Crippen LogP contribution is -2.34. The van der Waals surface area contributed by atoms with Crippen LogP contribution in [-0.2, 0) is 0 Å². The van der Waals surface area contributed by atoms with Crippen LogP contribution in [0.3, 0.4) is 0 Å². The number of hydrogen-bond donors (Lipinski definition) is 2. The molecule has 96 valence electrons. The van der Waals surface area contributed by atoms with Gasteiger partial charge in [-0.1, -0.05) is 6.92 Å². The Morgan fingerprint density at radius 3 is 2.59 bits per heavy atom. The van der Waals surface area contributed by atoms with E-state index in [0.29, 0.717) is 18.3 Å². The molecular weight excluding hydrogens is 216 g/mol. The molecule has 0 saturated heterocycles. The highest BCUT2D eigenvalue weighted by Gasteiger charge is 2.14. The summed E-state index contributed by atoms with van der Waals surface area (Å²) in [5, 5.41) is 3.13. The van der Waals surface area contributed by atoms with Gasteiger partial charge in [0.15, 0.2) is 5.82 Å². The zero-order valence-electron chi connectivity index (χ0n) is 11.0. The molecule has 0 aliphatic carbocycles. The maximum Gasteiger partial charge on any atom is 0.293 e. The van der Waals surface area contributed by atoms with Crippen LogP contribution >= 0.6 is 0 Å². The molecule has 1 rings (SSSR count). The maximum absolute atomic E-state index is 12.1. The largest absolute Gasteiger partial charge is 0.363 e. The number of nitrogens with two attached hydrogens (primary N) is 1. The Kier molecular flexibility index (Phi) is 4.69. The molecule has 5 nitrogen and oxygen atoms in total. The second-order valence-corrected chi connectivity index (χ2v) is 4.73. The summed E-state index contributed by atoms with van der Waals surface area (Å²) in [6, 6.07) is 0.261. The minimum Gasteiger partial charge on any atom is -0.363 e. The molecule has 5 heteroatoms. The van der Waals surface area contributed by atoms with Crippen molar-refractivity contribution < 1.29 is 0 Å². The molecule has 1 aromatic rings. The van der Waals surface area contributed by atoms with Gasteiger partial charge in [0.25, 0.3) is 5.56 Å². The Bertz CT molecular complexity index is 413. The van der Waals surface area contributed by atoms with Crippen LogP contribution < -0.4 is 16.6 Å². The third-order valence-corrected chi connectivity index (χ3v) is 3.01. The number of aromatic nitrogens is 2. The van der Waals surface area contributed by atoms with Gasteiger partial charge < -0.3 is 15.6 Å². The van der Waals surface area contributed by atoms with E-state index in [1.807, 2.05) is 27.7 Å². The topological polar surface area (TPSA) is 72.9 Å². The lowest BCUT2D eigenvalue weighted by Gasteiger charge is -2.20. The minimum absolute atomic E-state index is 0.0847. The van der Waals surface area contributed by atoms with E-state index in [4.69, 9.17) is 5.73 Å². The third kappa shape index (κ3) is 3.30. The third-order valence-electron chi connectivity index (χ3n) is 3.01. The predicted molar refractivity (Wildman–Crippen MR) is 70.2 cm³/mol. The smallest absolute Gasteiger partial charge is 0.293 e. The van der Waals surface area contributed by atoms with Gasteiger partial charge in [0.05, 0.1) is 0 Å². The fourth-order valence-electron chi connectivity index (χ4n) is 1.49. The first-order valence-corrected chi connectivity index (χ1v) is 6.01. The molecule has 0 spiro atoms. The van der Waals surface area contributed by atoms with Crippen LogP contribution in [0.5, 0.6) is 0 Å². The second-order valence-electron chi connectivity index (χ2n) is 4.73. The van der Waals surface area contributed by atoms with E-state index in [2.05, 4.69) is 10.3 Å². The van der Waals surface area contributed by atoms with E-state index in [-0.39, 0.29) is 17.6 Å². The molecular formula is C12H22N4O. The van der Waals surface area contributed by atoms with Crippen molar-refractivity contribution in [1.29, 1.82) is 0 Å². The molecule has 0 fully saturated rings. The van der Waals surface area contributed by atoms with Crippen molar-refractivity contribution in [3.63, 3.8) is 0 Å². The zero-order valence-corrected chi connectivity index (χ0v) is 11.0. The minimum atomic E-state index is -0.0847. The lowest BCUT2D eigenvalue weighted by molar-refractivity contribution is 0.516. The van der Waals surface area contributed by atoms with Crippen LogP contribution in [0.25, 0.3) is 0 Å². The first-order chi connectivity index (χ1) is 7.97. The van der Waals surface area contributed by atoms with Crippen molar-refractivity contribution in [1.82, 2.24) is 9.55 Å². The van der Waals surface area contributed by atoms with Crippen LogP contribution in [0.15, 0.2) is 17.2 Å². The molecule has 0 bridgehead atoms. The highest BCUT2D eigenvalue weighted by molar-refractivity contribution is 5.32. The highest BCUT2D eigenvalue weighted by atomic mass is 16.1. The Morgan fingerprint density at radius 1 is 1.41 bits per heavy atom. The summed E-state index contributed by atoms with van der Waals surface area (Å²) in [6.07, 6.45) is 3.35. The zero-order chi connectivity index (χ0) is 13.0. The fourth-order valence-corrected chi connectivity index (χ4v) is 1.49. The standard InChI is InChI=1S/C12H22N4O/c1-8(2)16-6-5-14-11(12(16)17)15-10(4)9(3)7-13/h5-6,8-10H,7,13H2,1-4H3,(H,14,15).